The van der Waals surface area contributed by atoms with Crippen LogP contribution >= 0.6 is 11.6 Å². The maximum Gasteiger partial charge on any atom is 0.277 e. The topological polar surface area (TPSA) is 50.7 Å². The van der Waals surface area contributed by atoms with E-state index in [9.17, 15) is 4.79 Å². The van der Waals surface area contributed by atoms with E-state index in [1.807, 2.05) is 43.3 Å². The van der Waals surface area contributed by atoms with E-state index in [4.69, 9.17) is 16.3 Å². The average Bonchev–Trinajstić information content (AvgIpc) is 2.65. The summed E-state index contributed by atoms with van der Waals surface area (Å²) in [6.45, 7) is 1.69. The predicted molar refractivity (Wildman–Crippen MR) is 101 cm³/mol. The highest BCUT2D eigenvalue weighted by Gasteiger charge is 2.05. The van der Waals surface area contributed by atoms with Crippen LogP contribution in [0.4, 0.5) is 0 Å². The average molecular weight is 353 g/mol. The van der Waals surface area contributed by atoms with Gasteiger partial charge in [0.25, 0.3) is 5.91 Å². The van der Waals surface area contributed by atoms with Crippen LogP contribution in [0.2, 0.25) is 5.02 Å². The first kappa shape index (κ1) is 17.0. The molecule has 0 aliphatic carbocycles. The van der Waals surface area contributed by atoms with E-state index in [1.54, 1.807) is 24.3 Å². The lowest BCUT2D eigenvalue weighted by atomic mass is 10.0. The van der Waals surface area contributed by atoms with Crippen LogP contribution in [0.5, 0.6) is 5.75 Å². The summed E-state index contributed by atoms with van der Waals surface area (Å²) in [5, 5.41) is 6.89. The number of nitrogens with zero attached hydrogens (tertiary/aromatic N) is 1. The number of amides is 1. The molecule has 3 rings (SSSR count). The molecule has 4 nitrogen and oxygen atoms in total. The third-order valence-electron chi connectivity index (χ3n) is 3.71. The molecule has 5 heteroatoms. The van der Waals surface area contributed by atoms with Crippen LogP contribution in [0.25, 0.3) is 10.8 Å². The predicted octanol–water partition coefficient (Wildman–Crippen LogP) is 4.41. The van der Waals surface area contributed by atoms with Crippen molar-refractivity contribution in [2.75, 3.05) is 6.61 Å². The molecule has 0 bridgehead atoms. The lowest BCUT2D eigenvalue weighted by molar-refractivity contribution is -0.123. The van der Waals surface area contributed by atoms with E-state index < -0.39 is 0 Å². The third kappa shape index (κ3) is 4.37. The first-order valence-electron chi connectivity index (χ1n) is 7.83. The number of ether oxygens (including phenoxy) is 1. The Hall–Kier alpha value is -2.85. The van der Waals surface area contributed by atoms with E-state index in [2.05, 4.69) is 16.6 Å². The van der Waals surface area contributed by atoms with Crippen molar-refractivity contribution in [2.24, 2.45) is 5.10 Å². The van der Waals surface area contributed by atoms with Crippen LogP contribution < -0.4 is 10.2 Å². The Balaban J connectivity index is 1.62. The molecule has 0 heterocycles. The molecule has 0 aromatic heterocycles. The molecule has 0 aliphatic rings. The zero-order valence-electron chi connectivity index (χ0n) is 13.7. The molecule has 126 valence electrons. The molecule has 1 amide bonds. The minimum atomic E-state index is -0.347. The van der Waals surface area contributed by atoms with E-state index in [-0.39, 0.29) is 12.5 Å². The SMILES string of the molecule is CC(=NNC(=O)COc1ccccc1Cl)c1ccc2ccccc2c1. The second kappa shape index (κ2) is 7.81. The minimum Gasteiger partial charge on any atom is -0.482 e. The normalized spacial score (nSPS) is 11.4. The van der Waals surface area contributed by atoms with Crippen molar-refractivity contribution in [1.29, 1.82) is 0 Å². The summed E-state index contributed by atoms with van der Waals surface area (Å²) in [6, 6.07) is 21.2. The van der Waals surface area contributed by atoms with Gasteiger partial charge in [0.15, 0.2) is 6.61 Å². The number of halogens is 1. The maximum atomic E-state index is 11.9. The number of hydrogen-bond acceptors (Lipinski definition) is 3. The fraction of sp³-hybridized carbons (Fsp3) is 0.100. The van der Waals surface area contributed by atoms with Crippen molar-refractivity contribution in [3.63, 3.8) is 0 Å². The van der Waals surface area contributed by atoms with Gasteiger partial charge in [-0.05, 0) is 41.5 Å². The van der Waals surface area contributed by atoms with Gasteiger partial charge in [0.2, 0.25) is 0 Å². The molecule has 1 N–H and O–H groups in total. The summed E-state index contributed by atoms with van der Waals surface area (Å²) in [5.41, 5.74) is 4.17. The molecule has 0 aliphatic heterocycles. The van der Waals surface area contributed by atoms with Gasteiger partial charge in [-0.2, -0.15) is 5.10 Å². The van der Waals surface area contributed by atoms with E-state index in [1.165, 1.54) is 0 Å². The van der Waals surface area contributed by atoms with Gasteiger partial charge in [-0.15, -0.1) is 0 Å². The maximum absolute atomic E-state index is 11.9. The molecule has 0 saturated carbocycles. The summed E-state index contributed by atoms with van der Waals surface area (Å²) >= 11 is 5.98. The molecular weight excluding hydrogens is 336 g/mol. The Morgan fingerprint density at radius 2 is 1.76 bits per heavy atom. The molecule has 0 radical (unpaired) electrons. The molecule has 0 spiro atoms. The summed E-state index contributed by atoms with van der Waals surface area (Å²) in [7, 11) is 0. The first-order valence-corrected chi connectivity index (χ1v) is 8.21. The highest BCUT2D eigenvalue weighted by Crippen LogP contribution is 2.22. The van der Waals surface area contributed by atoms with Crippen molar-refractivity contribution in [3.05, 3.63) is 77.3 Å². The van der Waals surface area contributed by atoms with Gasteiger partial charge in [-0.25, -0.2) is 5.43 Å². The number of hydrazone groups is 1. The van der Waals surface area contributed by atoms with Crippen LogP contribution in [0.3, 0.4) is 0 Å². The van der Waals surface area contributed by atoms with E-state index in [0.29, 0.717) is 10.8 Å². The number of fused-ring (bicyclic) bond motifs is 1. The quantitative estimate of drug-likeness (QED) is 0.546. The van der Waals surface area contributed by atoms with Gasteiger partial charge in [0.05, 0.1) is 10.7 Å². The van der Waals surface area contributed by atoms with Crippen molar-refractivity contribution in [2.45, 2.75) is 6.92 Å². The number of carbonyl (C=O) groups excluding carboxylic acids is 1. The van der Waals surface area contributed by atoms with Crippen molar-refractivity contribution in [1.82, 2.24) is 5.43 Å². The Bertz CT molecular complexity index is 938. The zero-order valence-corrected chi connectivity index (χ0v) is 14.5. The van der Waals surface area contributed by atoms with Crippen LogP contribution in [0.1, 0.15) is 12.5 Å². The Morgan fingerprint density at radius 1 is 1.04 bits per heavy atom. The van der Waals surface area contributed by atoms with Gasteiger partial charge in [0, 0.05) is 0 Å². The molecule has 0 saturated heterocycles. The highest BCUT2D eigenvalue weighted by atomic mass is 35.5. The number of nitrogens with one attached hydrogen (secondary N) is 1. The van der Waals surface area contributed by atoms with Crippen LogP contribution in [-0.2, 0) is 4.79 Å². The standard InChI is InChI=1S/C20H17ClN2O2/c1-14(16-11-10-15-6-2-3-7-17(15)12-16)22-23-20(24)13-25-19-9-5-4-8-18(19)21/h2-12H,13H2,1H3,(H,23,24). The second-order valence-electron chi connectivity index (χ2n) is 5.51. The van der Waals surface area contributed by atoms with Gasteiger partial charge in [-0.3, -0.25) is 4.79 Å². The lowest BCUT2D eigenvalue weighted by Gasteiger charge is -2.07. The molecule has 25 heavy (non-hydrogen) atoms. The summed E-state index contributed by atoms with van der Waals surface area (Å²) in [6.07, 6.45) is 0. The summed E-state index contributed by atoms with van der Waals surface area (Å²) in [4.78, 5) is 11.9. The molecule has 3 aromatic rings. The van der Waals surface area contributed by atoms with Crippen molar-refractivity contribution in [3.8, 4) is 5.75 Å². The minimum absolute atomic E-state index is 0.155. The number of para-hydroxylation sites is 1. The summed E-state index contributed by atoms with van der Waals surface area (Å²) in [5.74, 6) is 0.120. The molecular formula is C20H17ClN2O2. The van der Waals surface area contributed by atoms with Crippen LogP contribution in [0.15, 0.2) is 71.8 Å². The summed E-state index contributed by atoms with van der Waals surface area (Å²) < 4.78 is 5.38. The Labute approximate surface area is 151 Å². The lowest BCUT2D eigenvalue weighted by Crippen LogP contribution is -2.25. The molecule has 0 atom stereocenters. The fourth-order valence-corrected chi connectivity index (χ4v) is 2.55. The van der Waals surface area contributed by atoms with E-state index >= 15 is 0 Å². The fourth-order valence-electron chi connectivity index (χ4n) is 2.36. The van der Waals surface area contributed by atoms with Crippen LogP contribution in [0, 0.1) is 0 Å². The van der Waals surface area contributed by atoms with Crippen molar-refractivity contribution < 1.29 is 9.53 Å². The highest BCUT2D eigenvalue weighted by molar-refractivity contribution is 6.32. The Morgan fingerprint density at radius 3 is 2.56 bits per heavy atom. The molecule has 0 unspecified atom stereocenters. The van der Waals surface area contributed by atoms with E-state index in [0.717, 1.165) is 22.0 Å². The largest absolute Gasteiger partial charge is 0.482 e. The zero-order chi connectivity index (χ0) is 17.6. The number of carbonyl (C=O) groups is 1. The van der Waals surface area contributed by atoms with Crippen LogP contribution in [-0.4, -0.2) is 18.2 Å². The van der Waals surface area contributed by atoms with Gasteiger partial charge in [-0.1, -0.05) is 60.1 Å². The molecule has 0 fully saturated rings. The number of hydrogen-bond donors (Lipinski definition) is 1. The van der Waals surface area contributed by atoms with Gasteiger partial charge >= 0.3 is 0 Å². The van der Waals surface area contributed by atoms with Gasteiger partial charge in [0.1, 0.15) is 5.75 Å². The third-order valence-corrected chi connectivity index (χ3v) is 4.02. The second-order valence-corrected chi connectivity index (χ2v) is 5.92. The van der Waals surface area contributed by atoms with Crippen molar-refractivity contribution >= 4 is 34.0 Å². The Kier molecular flexibility index (Phi) is 5.31. The monoisotopic (exact) mass is 352 g/mol. The number of rotatable bonds is 5. The number of benzene rings is 3. The molecule has 3 aromatic carbocycles. The first-order chi connectivity index (χ1) is 12.1. The smallest absolute Gasteiger partial charge is 0.277 e. The van der Waals surface area contributed by atoms with Gasteiger partial charge < -0.3 is 4.74 Å².